The van der Waals surface area contributed by atoms with Crippen LogP contribution in [0.3, 0.4) is 0 Å². The maximum Gasteiger partial charge on any atom is 0.249 e. The summed E-state index contributed by atoms with van der Waals surface area (Å²) in [5.74, 6) is -0.150. The van der Waals surface area contributed by atoms with Gasteiger partial charge in [0.2, 0.25) is 5.91 Å². The normalized spacial score (nSPS) is 14.8. The number of rotatable bonds is 3. The van der Waals surface area contributed by atoms with Crippen LogP contribution in [0.25, 0.3) is 0 Å². The molecule has 1 atom stereocenters. The Bertz CT molecular complexity index is 846. The second-order valence-electron chi connectivity index (χ2n) is 6.12. The van der Waals surface area contributed by atoms with Gasteiger partial charge in [-0.25, -0.2) is 0 Å². The summed E-state index contributed by atoms with van der Waals surface area (Å²) in [5.41, 5.74) is 3.55. The molecule has 1 N–H and O–H groups in total. The number of nitrogens with one attached hydrogen (secondary N) is 1. The molecule has 3 rings (SSSR count). The van der Waals surface area contributed by atoms with Gasteiger partial charge in [-0.15, -0.1) is 11.3 Å². The number of fused-ring (bicyclic) bond motifs is 1. The number of halogens is 1. The monoisotopic (exact) mass is 406 g/mol. The van der Waals surface area contributed by atoms with Gasteiger partial charge in [-0.1, -0.05) is 0 Å². The lowest BCUT2D eigenvalue weighted by Crippen LogP contribution is -2.25. The molecule has 126 valence electrons. The number of thiophene rings is 1. The summed E-state index contributed by atoms with van der Waals surface area (Å²) < 4.78 is 2.64. The molecule has 0 aromatic carbocycles. The van der Waals surface area contributed by atoms with Crippen LogP contribution in [0.15, 0.2) is 4.47 Å². The topological polar surface area (TPSA) is 70.7 Å². The second kappa shape index (κ2) is 6.69. The Morgan fingerprint density at radius 2 is 2.12 bits per heavy atom. The lowest BCUT2D eigenvalue weighted by molar-refractivity contribution is -0.119. The maximum atomic E-state index is 12.7. The van der Waals surface area contributed by atoms with Crippen LogP contribution in [0.4, 0.5) is 5.00 Å². The molecule has 7 heteroatoms. The van der Waals surface area contributed by atoms with Crippen molar-refractivity contribution < 1.29 is 4.79 Å². The van der Waals surface area contributed by atoms with Crippen LogP contribution in [0.1, 0.15) is 53.2 Å². The molecule has 2 heterocycles. The van der Waals surface area contributed by atoms with Crippen molar-refractivity contribution in [3.63, 3.8) is 0 Å². The van der Waals surface area contributed by atoms with E-state index in [0.717, 1.165) is 47.1 Å². The van der Waals surface area contributed by atoms with Gasteiger partial charge in [0.25, 0.3) is 0 Å². The molecule has 0 spiro atoms. The Morgan fingerprint density at radius 1 is 1.42 bits per heavy atom. The van der Waals surface area contributed by atoms with Crippen LogP contribution in [-0.2, 0) is 17.6 Å². The standard InChI is InChI=1S/C17H19BrN4OS/c1-9-15(18)10(2)22(21-9)11(3)16(23)20-17-13(8-19)12-6-4-5-7-14(12)24-17/h11H,4-7H2,1-3H3,(H,20,23). The fourth-order valence-electron chi connectivity index (χ4n) is 3.12. The highest BCUT2D eigenvalue weighted by Crippen LogP contribution is 2.38. The molecule has 24 heavy (non-hydrogen) atoms. The summed E-state index contributed by atoms with van der Waals surface area (Å²) >= 11 is 5.04. The third-order valence-electron chi connectivity index (χ3n) is 4.50. The minimum Gasteiger partial charge on any atom is -0.315 e. The number of anilines is 1. The first-order chi connectivity index (χ1) is 11.4. The first kappa shape index (κ1) is 17.2. The van der Waals surface area contributed by atoms with Crippen molar-refractivity contribution in [3.8, 4) is 6.07 Å². The van der Waals surface area contributed by atoms with Gasteiger partial charge in [-0.05, 0) is 67.9 Å². The molecule has 0 aliphatic heterocycles. The molecule has 0 fully saturated rings. The Kier molecular flexibility index (Phi) is 4.79. The van der Waals surface area contributed by atoms with Gasteiger partial charge >= 0.3 is 0 Å². The van der Waals surface area contributed by atoms with Gasteiger partial charge in [-0.3, -0.25) is 9.48 Å². The number of hydrogen-bond donors (Lipinski definition) is 1. The van der Waals surface area contributed by atoms with Crippen molar-refractivity contribution in [1.82, 2.24) is 9.78 Å². The van der Waals surface area contributed by atoms with Crippen LogP contribution < -0.4 is 5.32 Å². The van der Waals surface area contributed by atoms with E-state index in [4.69, 9.17) is 0 Å². The third-order valence-corrected chi connectivity index (χ3v) is 6.86. The number of carbonyl (C=O) groups is 1. The van der Waals surface area contributed by atoms with Gasteiger partial charge in [0.1, 0.15) is 17.1 Å². The molecule has 2 aromatic heterocycles. The fraction of sp³-hybridized carbons (Fsp3) is 0.471. The van der Waals surface area contributed by atoms with Crippen molar-refractivity contribution in [3.05, 3.63) is 31.9 Å². The summed E-state index contributed by atoms with van der Waals surface area (Å²) in [6, 6.07) is 1.83. The SMILES string of the molecule is Cc1nn(C(C)C(=O)Nc2sc3c(c2C#N)CCCC3)c(C)c1Br. The van der Waals surface area contributed by atoms with Crippen molar-refractivity contribution in [2.45, 2.75) is 52.5 Å². The molecule has 5 nitrogen and oxygen atoms in total. The van der Waals surface area contributed by atoms with Crippen LogP contribution in [-0.4, -0.2) is 15.7 Å². The minimum absolute atomic E-state index is 0.150. The van der Waals surface area contributed by atoms with Gasteiger partial charge in [0.15, 0.2) is 0 Å². The molecule has 0 saturated heterocycles. The predicted octanol–water partition coefficient (Wildman–Crippen LogP) is 4.27. The van der Waals surface area contributed by atoms with Gasteiger partial charge in [0, 0.05) is 4.88 Å². The molecule has 1 aliphatic rings. The van der Waals surface area contributed by atoms with E-state index in [-0.39, 0.29) is 5.91 Å². The van der Waals surface area contributed by atoms with Gasteiger partial charge in [-0.2, -0.15) is 10.4 Å². The molecule has 2 aromatic rings. The van der Waals surface area contributed by atoms with Crippen molar-refractivity contribution in [1.29, 1.82) is 5.26 Å². The Hall–Kier alpha value is -1.65. The lowest BCUT2D eigenvalue weighted by atomic mass is 9.96. The summed E-state index contributed by atoms with van der Waals surface area (Å²) in [4.78, 5) is 13.9. The molecule has 1 unspecified atom stereocenters. The van der Waals surface area contributed by atoms with E-state index in [1.807, 2.05) is 20.8 Å². The van der Waals surface area contributed by atoms with Crippen LogP contribution >= 0.6 is 27.3 Å². The molecule has 0 bridgehead atoms. The van der Waals surface area contributed by atoms with Crippen molar-refractivity contribution in [2.75, 3.05) is 5.32 Å². The molecule has 1 amide bonds. The van der Waals surface area contributed by atoms with E-state index in [1.54, 1.807) is 16.0 Å². The zero-order chi connectivity index (χ0) is 17.4. The molecular weight excluding hydrogens is 388 g/mol. The fourth-order valence-corrected chi connectivity index (χ4v) is 4.62. The second-order valence-corrected chi connectivity index (χ2v) is 8.02. The van der Waals surface area contributed by atoms with Crippen molar-refractivity contribution in [2.24, 2.45) is 0 Å². The van der Waals surface area contributed by atoms with Gasteiger partial charge in [0.05, 0.1) is 21.4 Å². The number of carbonyl (C=O) groups excluding carboxylic acids is 1. The first-order valence-corrected chi connectivity index (χ1v) is 9.61. The highest BCUT2D eigenvalue weighted by Gasteiger charge is 2.25. The number of aromatic nitrogens is 2. The van der Waals surface area contributed by atoms with E-state index in [2.05, 4.69) is 32.4 Å². The predicted molar refractivity (Wildman–Crippen MR) is 98.4 cm³/mol. The Labute approximate surface area is 153 Å². The van der Waals surface area contributed by atoms with E-state index >= 15 is 0 Å². The number of aryl methyl sites for hydroxylation is 2. The Morgan fingerprint density at radius 3 is 2.75 bits per heavy atom. The molecular formula is C17H19BrN4OS. The van der Waals surface area contributed by atoms with Crippen LogP contribution in [0.2, 0.25) is 0 Å². The summed E-state index contributed by atoms with van der Waals surface area (Å²) in [7, 11) is 0. The lowest BCUT2D eigenvalue weighted by Gasteiger charge is -2.14. The average molecular weight is 407 g/mol. The summed E-state index contributed by atoms with van der Waals surface area (Å²) in [6.45, 7) is 5.65. The first-order valence-electron chi connectivity index (χ1n) is 8.00. The van der Waals surface area contributed by atoms with E-state index < -0.39 is 6.04 Å². The molecule has 0 radical (unpaired) electrons. The van der Waals surface area contributed by atoms with Crippen molar-refractivity contribution >= 4 is 38.2 Å². The molecule has 0 saturated carbocycles. The largest absolute Gasteiger partial charge is 0.315 e. The van der Waals surface area contributed by atoms with Crippen LogP contribution in [0.5, 0.6) is 0 Å². The van der Waals surface area contributed by atoms with Gasteiger partial charge < -0.3 is 5.32 Å². The summed E-state index contributed by atoms with van der Waals surface area (Å²) in [6.07, 6.45) is 4.21. The third kappa shape index (κ3) is 2.89. The highest BCUT2D eigenvalue weighted by atomic mass is 79.9. The van der Waals surface area contributed by atoms with Crippen LogP contribution in [0, 0.1) is 25.2 Å². The average Bonchev–Trinajstić information content (AvgIpc) is 3.05. The Balaban J connectivity index is 1.86. The number of hydrogen-bond acceptors (Lipinski definition) is 4. The summed E-state index contributed by atoms with van der Waals surface area (Å²) in [5, 5.41) is 17.6. The number of nitriles is 1. The number of amides is 1. The van der Waals surface area contributed by atoms with E-state index in [9.17, 15) is 10.1 Å². The highest BCUT2D eigenvalue weighted by molar-refractivity contribution is 9.10. The number of nitrogens with zero attached hydrogens (tertiary/aromatic N) is 3. The smallest absolute Gasteiger partial charge is 0.249 e. The zero-order valence-corrected chi connectivity index (χ0v) is 16.3. The molecule has 1 aliphatic carbocycles. The van der Waals surface area contributed by atoms with E-state index in [1.165, 1.54) is 4.88 Å². The quantitative estimate of drug-likeness (QED) is 0.826. The maximum absolute atomic E-state index is 12.7. The minimum atomic E-state index is -0.444. The zero-order valence-electron chi connectivity index (χ0n) is 13.9. The van der Waals surface area contributed by atoms with E-state index in [0.29, 0.717) is 10.6 Å².